The van der Waals surface area contributed by atoms with Crippen LogP contribution in [0.1, 0.15) is 24.0 Å². The standard InChI is InChI=1S/C23H29NO6/c24-21(17-27-13-11-22(25)29-15-19-7-3-1-4-8-19)18-28-14-12-23(26)30-16-20-9-5-2-6-10-20/h1-10,21H,11-18,24H2. The van der Waals surface area contributed by atoms with Crippen LogP contribution in [0, 0.1) is 0 Å². The molecule has 2 aromatic carbocycles. The number of esters is 2. The molecule has 0 aromatic heterocycles. The second-order valence-electron chi connectivity index (χ2n) is 6.70. The van der Waals surface area contributed by atoms with Gasteiger partial charge in [0.25, 0.3) is 0 Å². The number of nitrogens with two attached hydrogens (primary N) is 1. The lowest BCUT2D eigenvalue weighted by molar-refractivity contribution is -0.146. The van der Waals surface area contributed by atoms with Gasteiger partial charge in [0, 0.05) is 0 Å². The summed E-state index contributed by atoms with van der Waals surface area (Å²) in [5.41, 5.74) is 7.77. The van der Waals surface area contributed by atoms with Crippen molar-refractivity contribution in [2.45, 2.75) is 32.1 Å². The van der Waals surface area contributed by atoms with E-state index in [0.29, 0.717) is 0 Å². The monoisotopic (exact) mass is 415 g/mol. The first kappa shape index (κ1) is 23.5. The minimum atomic E-state index is -0.342. The van der Waals surface area contributed by atoms with E-state index < -0.39 is 0 Å². The summed E-state index contributed by atoms with van der Waals surface area (Å²) in [5.74, 6) is -0.643. The molecule has 0 fully saturated rings. The molecule has 0 unspecified atom stereocenters. The zero-order chi connectivity index (χ0) is 21.4. The third-order valence-corrected chi connectivity index (χ3v) is 4.05. The van der Waals surface area contributed by atoms with Gasteiger partial charge in [-0.15, -0.1) is 0 Å². The maximum Gasteiger partial charge on any atom is 0.308 e. The number of carbonyl (C=O) groups excluding carboxylic acids is 2. The molecule has 0 aliphatic heterocycles. The van der Waals surface area contributed by atoms with E-state index in [2.05, 4.69) is 0 Å². The van der Waals surface area contributed by atoms with Crippen molar-refractivity contribution in [2.24, 2.45) is 5.73 Å². The summed E-state index contributed by atoms with van der Waals surface area (Å²) in [7, 11) is 0. The Bertz CT molecular complexity index is 674. The highest BCUT2D eigenvalue weighted by Crippen LogP contribution is 2.03. The molecule has 0 bridgehead atoms. The molecule has 0 spiro atoms. The van der Waals surface area contributed by atoms with Gasteiger partial charge in [-0.05, 0) is 11.1 Å². The molecule has 7 nitrogen and oxygen atoms in total. The summed E-state index contributed by atoms with van der Waals surface area (Å²) in [5, 5.41) is 0. The molecule has 0 atom stereocenters. The Morgan fingerprint density at radius 2 is 1.10 bits per heavy atom. The third kappa shape index (κ3) is 10.7. The van der Waals surface area contributed by atoms with E-state index in [1.165, 1.54) is 0 Å². The lowest BCUT2D eigenvalue weighted by atomic mass is 10.2. The van der Waals surface area contributed by atoms with Gasteiger partial charge in [-0.3, -0.25) is 9.59 Å². The predicted octanol–water partition coefficient (Wildman–Crippen LogP) is 2.61. The average molecular weight is 415 g/mol. The first-order valence-corrected chi connectivity index (χ1v) is 9.93. The molecule has 0 radical (unpaired) electrons. The number of carbonyl (C=O) groups is 2. The van der Waals surface area contributed by atoms with Crippen molar-refractivity contribution in [3.63, 3.8) is 0 Å². The van der Waals surface area contributed by atoms with E-state index in [-0.39, 0.29) is 70.5 Å². The normalized spacial score (nSPS) is 10.7. The molecule has 7 heteroatoms. The summed E-state index contributed by atoms with van der Waals surface area (Å²) in [6.07, 6.45) is 0.321. The van der Waals surface area contributed by atoms with Crippen molar-refractivity contribution in [1.82, 2.24) is 0 Å². The molecule has 0 saturated heterocycles. The van der Waals surface area contributed by atoms with Gasteiger partial charge in [-0.25, -0.2) is 0 Å². The maximum absolute atomic E-state index is 11.7. The van der Waals surface area contributed by atoms with Crippen molar-refractivity contribution < 1.29 is 28.5 Å². The Balaban J connectivity index is 1.42. The molecule has 2 aromatic rings. The molecule has 2 rings (SSSR count). The van der Waals surface area contributed by atoms with Crippen molar-refractivity contribution in [3.05, 3.63) is 71.8 Å². The largest absolute Gasteiger partial charge is 0.461 e. The van der Waals surface area contributed by atoms with Gasteiger partial charge in [0.15, 0.2) is 0 Å². The minimum absolute atomic E-state index is 0.160. The number of rotatable bonds is 14. The lowest BCUT2D eigenvalue weighted by Crippen LogP contribution is -2.32. The Morgan fingerprint density at radius 3 is 1.50 bits per heavy atom. The van der Waals surface area contributed by atoms with Crippen LogP contribution in [0.15, 0.2) is 60.7 Å². The van der Waals surface area contributed by atoms with Gasteiger partial charge in [-0.1, -0.05) is 60.7 Å². The maximum atomic E-state index is 11.7. The van der Waals surface area contributed by atoms with Gasteiger partial charge >= 0.3 is 11.9 Å². The predicted molar refractivity (Wildman–Crippen MR) is 111 cm³/mol. The highest BCUT2D eigenvalue weighted by Gasteiger charge is 2.08. The highest BCUT2D eigenvalue weighted by atomic mass is 16.5. The molecule has 0 aliphatic rings. The molecule has 30 heavy (non-hydrogen) atoms. The van der Waals surface area contributed by atoms with Crippen LogP contribution in [-0.4, -0.2) is 44.4 Å². The average Bonchev–Trinajstić information content (AvgIpc) is 2.78. The SMILES string of the molecule is NC(COCCC(=O)OCc1ccccc1)COCCC(=O)OCc1ccccc1. The molecular weight excluding hydrogens is 386 g/mol. The zero-order valence-electron chi connectivity index (χ0n) is 17.0. The number of hydrogen-bond donors (Lipinski definition) is 1. The van der Waals surface area contributed by atoms with Crippen LogP contribution >= 0.6 is 0 Å². The van der Waals surface area contributed by atoms with E-state index in [4.69, 9.17) is 24.7 Å². The lowest BCUT2D eigenvalue weighted by Gasteiger charge is -2.12. The van der Waals surface area contributed by atoms with Gasteiger partial charge < -0.3 is 24.7 Å². The number of hydrogen-bond acceptors (Lipinski definition) is 7. The Kier molecular flexibility index (Phi) is 11.2. The fourth-order valence-electron chi connectivity index (χ4n) is 2.45. The molecular formula is C23H29NO6. The summed E-state index contributed by atoms with van der Waals surface area (Å²) in [6, 6.07) is 18.6. The Hall–Kier alpha value is -2.74. The fourth-order valence-corrected chi connectivity index (χ4v) is 2.45. The van der Waals surface area contributed by atoms with Crippen molar-refractivity contribution in [2.75, 3.05) is 26.4 Å². The van der Waals surface area contributed by atoms with E-state index in [1.54, 1.807) is 0 Å². The summed E-state index contributed by atoms with van der Waals surface area (Å²) < 4.78 is 21.1. The fraction of sp³-hybridized carbons (Fsp3) is 0.391. The van der Waals surface area contributed by atoms with Crippen LogP contribution in [0.2, 0.25) is 0 Å². The Morgan fingerprint density at radius 1 is 0.700 bits per heavy atom. The third-order valence-electron chi connectivity index (χ3n) is 4.05. The molecule has 0 saturated carbocycles. The first-order chi connectivity index (χ1) is 14.6. The van der Waals surface area contributed by atoms with Crippen LogP contribution < -0.4 is 5.73 Å². The van der Waals surface area contributed by atoms with Gasteiger partial charge in [0.2, 0.25) is 0 Å². The van der Waals surface area contributed by atoms with Gasteiger partial charge in [0.05, 0.1) is 45.3 Å². The van der Waals surface area contributed by atoms with E-state index in [0.717, 1.165) is 11.1 Å². The van der Waals surface area contributed by atoms with Crippen molar-refractivity contribution >= 4 is 11.9 Å². The van der Waals surface area contributed by atoms with Crippen LogP contribution in [0.25, 0.3) is 0 Å². The van der Waals surface area contributed by atoms with Crippen LogP contribution in [0.4, 0.5) is 0 Å². The quantitative estimate of drug-likeness (QED) is 0.374. The van der Waals surface area contributed by atoms with Crippen molar-refractivity contribution in [1.29, 1.82) is 0 Å². The van der Waals surface area contributed by atoms with Crippen LogP contribution in [0.5, 0.6) is 0 Å². The minimum Gasteiger partial charge on any atom is -0.461 e. The number of ether oxygens (including phenoxy) is 4. The second kappa shape index (κ2) is 14.3. The zero-order valence-corrected chi connectivity index (χ0v) is 17.0. The first-order valence-electron chi connectivity index (χ1n) is 9.93. The van der Waals surface area contributed by atoms with Crippen molar-refractivity contribution in [3.8, 4) is 0 Å². The Labute approximate surface area is 177 Å². The van der Waals surface area contributed by atoms with E-state index in [9.17, 15) is 9.59 Å². The van der Waals surface area contributed by atoms with E-state index in [1.807, 2.05) is 60.7 Å². The highest BCUT2D eigenvalue weighted by molar-refractivity contribution is 5.69. The molecule has 0 aliphatic carbocycles. The second-order valence-corrected chi connectivity index (χ2v) is 6.70. The molecule has 162 valence electrons. The molecule has 0 amide bonds. The number of benzene rings is 2. The smallest absolute Gasteiger partial charge is 0.308 e. The van der Waals surface area contributed by atoms with Crippen LogP contribution in [0.3, 0.4) is 0 Å². The topological polar surface area (TPSA) is 97.1 Å². The van der Waals surface area contributed by atoms with Gasteiger partial charge in [0.1, 0.15) is 13.2 Å². The van der Waals surface area contributed by atoms with Gasteiger partial charge in [-0.2, -0.15) is 0 Å². The summed E-state index contributed by atoms with van der Waals surface area (Å²) in [6.45, 7) is 1.47. The summed E-state index contributed by atoms with van der Waals surface area (Å²) >= 11 is 0. The van der Waals surface area contributed by atoms with E-state index >= 15 is 0 Å². The molecule has 0 heterocycles. The molecule has 2 N–H and O–H groups in total. The summed E-state index contributed by atoms with van der Waals surface area (Å²) in [4.78, 5) is 23.4. The van der Waals surface area contributed by atoms with Crippen LogP contribution in [-0.2, 0) is 41.8 Å².